The summed E-state index contributed by atoms with van der Waals surface area (Å²) >= 11 is 7.68. The van der Waals surface area contributed by atoms with Crippen LogP contribution in [-0.4, -0.2) is 23.3 Å². The predicted octanol–water partition coefficient (Wildman–Crippen LogP) is 4.77. The maximum atomic E-state index is 12.4. The van der Waals surface area contributed by atoms with Gasteiger partial charge in [0, 0.05) is 35.3 Å². The summed E-state index contributed by atoms with van der Waals surface area (Å²) in [5.41, 5.74) is 3.14. The van der Waals surface area contributed by atoms with E-state index in [-0.39, 0.29) is 18.2 Å². The number of rotatable bonds is 5. The van der Waals surface area contributed by atoms with E-state index in [1.807, 2.05) is 53.9 Å². The smallest absolute Gasteiger partial charge is 0.230 e. The minimum Gasteiger partial charge on any atom is -0.326 e. The first-order chi connectivity index (χ1) is 13.6. The van der Waals surface area contributed by atoms with E-state index in [2.05, 4.69) is 10.3 Å². The van der Waals surface area contributed by atoms with E-state index in [4.69, 9.17) is 11.6 Å². The molecule has 0 bridgehead atoms. The highest BCUT2D eigenvalue weighted by Gasteiger charge is 2.21. The Morgan fingerprint density at radius 2 is 1.96 bits per heavy atom. The van der Waals surface area contributed by atoms with Gasteiger partial charge >= 0.3 is 0 Å². The molecule has 1 aliphatic heterocycles. The number of amides is 2. The highest BCUT2D eigenvalue weighted by Crippen LogP contribution is 2.30. The molecule has 0 spiro atoms. The average molecular weight is 412 g/mol. The third-order valence-electron chi connectivity index (χ3n) is 4.53. The first-order valence-electron chi connectivity index (χ1n) is 9.00. The van der Waals surface area contributed by atoms with Crippen LogP contribution in [0.15, 0.2) is 53.9 Å². The number of benzene rings is 2. The van der Waals surface area contributed by atoms with Crippen molar-refractivity contribution >= 4 is 46.1 Å². The maximum Gasteiger partial charge on any atom is 0.230 e. The topological polar surface area (TPSA) is 62.3 Å². The van der Waals surface area contributed by atoms with Gasteiger partial charge in [-0.2, -0.15) is 0 Å². The predicted molar refractivity (Wildman–Crippen MR) is 113 cm³/mol. The molecular weight excluding hydrogens is 394 g/mol. The zero-order chi connectivity index (χ0) is 19.5. The van der Waals surface area contributed by atoms with Gasteiger partial charge in [0.2, 0.25) is 11.8 Å². The van der Waals surface area contributed by atoms with Gasteiger partial charge in [0.05, 0.1) is 17.1 Å². The fraction of sp³-hybridized carbons (Fsp3) is 0.190. The minimum atomic E-state index is -0.138. The lowest BCUT2D eigenvalue weighted by molar-refractivity contribution is -0.117. The Morgan fingerprint density at radius 1 is 1.18 bits per heavy atom. The largest absolute Gasteiger partial charge is 0.326 e. The quantitative estimate of drug-likeness (QED) is 0.657. The van der Waals surface area contributed by atoms with Crippen LogP contribution in [0.3, 0.4) is 0 Å². The molecule has 1 saturated heterocycles. The van der Waals surface area contributed by atoms with E-state index in [9.17, 15) is 9.59 Å². The van der Waals surface area contributed by atoms with Crippen molar-refractivity contribution in [2.45, 2.75) is 19.3 Å². The third kappa shape index (κ3) is 4.08. The summed E-state index contributed by atoms with van der Waals surface area (Å²) in [6, 6.07) is 14.9. The van der Waals surface area contributed by atoms with Crippen molar-refractivity contribution in [1.82, 2.24) is 4.98 Å². The Kier molecular flexibility index (Phi) is 5.41. The van der Waals surface area contributed by atoms with Crippen LogP contribution in [0, 0.1) is 0 Å². The minimum absolute atomic E-state index is 0.138. The number of carbonyl (C=O) groups excluding carboxylic acids is 2. The van der Waals surface area contributed by atoms with Crippen LogP contribution >= 0.6 is 22.9 Å². The standard InChI is InChI=1S/C21H18ClN3O2S/c22-18-5-2-1-4-17(18)21-24-15(13-28-21)12-19(26)23-14-7-9-16(10-8-14)25-11-3-6-20(25)27/h1-2,4-5,7-10,13H,3,6,11-12H2,(H,23,26). The monoisotopic (exact) mass is 411 g/mol. The van der Waals surface area contributed by atoms with Gasteiger partial charge in [0.25, 0.3) is 0 Å². The number of thiazole rings is 1. The Labute approximate surface area is 172 Å². The molecule has 7 heteroatoms. The van der Waals surface area contributed by atoms with Gasteiger partial charge in [-0.05, 0) is 36.8 Å². The zero-order valence-corrected chi connectivity index (χ0v) is 16.6. The molecular formula is C21H18ClN3O2S. The van der Waals surface area contributed by atoms with Crippen LogP contribution in [0.4, 0.5) is 11.4 Å². The molecule has 0 saturated carbocycles. The molecule has 2 aromatic carbocycles. The van der Waals surface area contributed by atoms with Gasteiger partial charge in [0.15, 0.2) is 0 Å². The Hall–Kier alpha value is -2.70. The van der Waals surface area contributed by atoms with Crippen LogP contribution in [-0.2, 0) is 16.0 Å². The van der Waals surface area contributed by atoms with Gasteiger partial charge in [-0.15, -0.1) is 11.3 Å². The van der Waals surface area contributed by atoms with Crippen molar-refractivity contribution in [2.24, 2.45) is 0 Å². The van der Waals surface area contributed by atoms with Gasteiger partial charge in [-0.1, -0.05) is 29.8 Å². The molecule has 0 unspecified atom stereocenters. The maximum absolute atomic E-state index is 12.4. The molecule has 0 aliphatic carbocycles. The van der Waals surface area contributed by atoms with Gasteiger partial charge in [-0.25, -0.2) is 4.98 Å². The normalized spacial score (nSPS) is 13.8. The zero-order valence-electron chi connectivity index (χ0n) is 15.0. The first kappa shape index (κ1) is 18.7. The highest BCUT2D eigenvalue weighted by atomic mass is 35.5. The second-order valence-corrected chi connectivity index (χ2v) is 7.81. The fourth-order valence-electron chi connectivity index (χ4n) is 3.16. The molecule has 28 heavy (non-hydrogen) atoms. The second-order valence-electron chi connectivity index (χ2n) is 6.54. The second kappa shape index (κ2) is 8.12. The van der Waals surface area contributed by atoms with Crippen molar-refractivity contribution in [2.75, 3.05) is 16.8 Å². The number of anilines is 2. The number of halogens is 1. The van der Waals surface area contributed by atoms with Gasteiger partial charge in [-0.3, -0.25) is 9.59 Å². The van der Waals surface area contributed by atoms with Crippen LogP contribution in [0.2, 0.25) is 5.02 Å². The summed E-state index contributed by atoms with van der Waals surface area (Å²) in [4.78, 5) is 30.5. The summed E-state index contributed by atoms with van der Waals surface area (Å²) in [5.74, 6) is 0.00986. The molecule has 2 heterocycles. The van der Waals surface area contributed by atoms with E-state index < -0.39 is 0 Å². The number of nitrogens with one attached hydrogen (secondary N) is 1. The van der Waals surface area contributed by atoms with E-state index >= 15 is 0 Å². The SMILES string of the molecule is O=C(Cc1csc(-c2ccccc2Cl)n1)Nc1ccc(N2CCCC2=O)cc1. The molecule has 3 aromatic rings. The Bertz CT molecular complexity index is 1020. The van der Waals surface area contributed by atoms with Crippen LogP contribution in [0.5, 0.6) is 0 Å². The highest BCUT2D eigenvalue weighted by molar-refractivity contribution is 7.13. The molecule has 0 radical (unpaired) electrons. The molecule has 1 fully saturated rings. The van der Waals surface area contributed by atoms with Crippen molar-refractivity contribution in [3.63, 3.8) is 0 Å². The third-order valence-corrected chi connectivity index (χ3v) is 5.79. The molecule has 1 aromatic heterocycles. The number of aromatic nitrogens is 1. The summed E-state index contributed by atoms with van der Waals surface area (Å²) in [6.07, 6.45) is 1.68. The lowest BCUT2D eigenvalue weighted by Crippen LogP contribution is -2.23. The van der Waals surface area contributed by atoms with Gasteiger partial charge < -0.3 is 10.2 Å². The average Bonchev–Trinajstić information content (AvgIpc) is 3.32. The van der Waals surface area contributed by atoms with Crippen LogP contribution in [0.25, 0.3) is 10.6 Å². The summed E-state index contributed by atoms with van der Waals surface area (Å²) < 4.78 is 0. The molecule has 4 rings (SSSR count). The summed E-state index contributed by atoms with van der Waals surface area (Å²) in [5, 5.41) is 6.19. The van der Waals surface area contributed by atoms with Crippen LogP contribution in [0.1, 0.15) is 18.5 Å². The van der Waals surface area contributed by atoms with E-state index in [0.29, 0.717) is 22.8 Å². The van der Waals surface area contributed by atoms with E-state index in [1.54, 1.807) is 4.90 Å². The number of carbonyl (C=O) groups is 2. The molecule has 5 nitrogen and oxygen atoms in total. The van der Waals surface area contributed by atoms with Crippen molar-refractivity contribution in [3.05, 3.63) is 64.6 Å². The Balaban J connectivity index is 1.38. The molecule has 142 valence electrons. The number of nitrogens with zero attached hydrogens (tertiary/aromatic N) is 2. The number of hydrogen-bond donors (Lipinski definition) is 1. The van der Waals surface area contributed by atoms with E-state index in [0.717, 1.165) is 29.2 Å². The first-order valence-corrected chi connectivity index (χ1v) is 10.3. The molecule has 2 amide bonds. The molecule has 0 atom stereocenters. The lowest BCUT2D eigenvalue weighted by Gasteiger charge is -2.16. The molecule has 1 aliphatic rings. The lowest BCUT2D eigenvalue weighted by atomic mass is 10.2. The van der Waals surface area contributed by atoms with Crippen molar-refractivity contribution < 1.29 is 9.59 Å². The summed E-state index contributed by atoms with van der Waals surface area (Å²) in [7, 11) is 0. The van der Waals surface area contributed by atoms with E-state index in [1.165, 1.54) is 11.3 Å². The number of hydrogen-bond acceptors (Lipinski definition) is 4. The van der Waals surface area contributed by atoms with Gasteiger partial charge in [0.1, 0.15) is 5.01 Å². The van der Waals surface area contributed by atoms with Crippen molar-refractivity contribution in [3.8, 4) is 10.6 Å². The van der Waals surface area contributed by atoms with Crippen LogP contribution < -0.4 is 10.2 Å². The summed E-state index contributed by atoms with van der Waals surface area (Å²) in [6.45, 7) is 0.752. The molecule has 1 N–H and O–H groups in total. The fourth-order valence-corrected chi connectivity index (χ4v) is 4.30. The van der Waals surface area contributed by atoms with Crippen molar-refractivity contribution in [1.29, 1.82) is 0 Å². The Morgan fingerprint density at radius 3 is 2.68 bits per heavy atom.